The number of aromatic nitrogens is 1. The lowest BCUT2D eigenvalue weighted by Gasteiger charge is -2.30. The van der Waals surface area contributed by atoms with Crippen molar-refractivity contribution in [2.24, 2.45) is 5.92 Å². The number of carbonyl (C=O) groups excluding carboxylic acids is 2. The van der Waals surface area contributed by atoms with Gasteiger partial charge in [-0.15, -0.1) is 0 Å². The Bertz CT molecular complexity index is 1040. The maximum absolute atomic E-state index is 12.9. The van der Waals surface area contributed by atoms with Crippen LogP contribution < -0.4 is 4.74 Å². The first kappa shape index (κ1) is 18.3. The van der Waals surface area contributed by atoms with Crippen molar-refractivity contribution in [1.29, 1.82) is 0 Å². The lowest BCUT2D eigenvalue weighted by atomic mass is 9.98. The fraction of sp³-hybridized carbons (Fsp3) is 0.381. The number of nitrogens with zero attached hydrogens (tertiary/aromatic N) is 2. The summed E-state index contributed by atoms with van der Waals surface area (Å²) in [6, 6.07) is 9.26. The maximum atomic E-state index is 12.9. The molecule has 0 spiro atoms. The van der Waals surface area contributed by atoms with Crippen LogP contribution in [-0.4, -0.2) is 48.6 Å². The summed E-state index contributed by atoms with van der Waals surface area (Å²) >= 11 is 0. The minimum absolute atomic E-state index is 0.228. The van der Waals surface area contributed by atoms with Crippen molar-refractivity contribution >= 4 is 33.9 Å². The molecule has 28 heavy (non-hydrogen) atoms. The molecule has 0 radical (unpaired) electrons. The highest BCUT2D eigenvalue weighted by atomic mass is 16.5. The third kappa shape index (κ3) is 3.40. The van der Waals surface area contributed by atoms with E-state index in [1.165, 1.54) is 0 Å². The number of fused-ring (bicyclic) bond motifs is 2. The van der Waals surface area contributed by atoms with E-state index < -0.39 is 0 Å². The van der Waals surface area contributed by atoms with Gasteiger partial charge in [-0.3, -0.25) is 9.59 Å². The Labute approximate surface area is 162 Å². The van der Waals surface area contributed by atoms with Crippen LogP contribution in [-0.2, 0) is 9.53 Å². The number of pyridine rings is 1. The van der Waals surface area contributed by atoms with Gasteiger partial charge in [0.1, 0.15) is 5.75 Å². The molecule has 4 rings (SSSR count). The Kier molecular flexibility index (Phi) is 4.90. The second-order valence-electron chi connectivity index (χ2n) is 6.89. The first-order chi connectivity index (χ1) is 13.6. The smallest absolute Gasteiger partial charge is 0.310 e. The second-order valence-corrected chi connectivity index (χ2v) is 6.89. The van der Waals surface area contributed by atoms with Gasteiger partial charge in [0.15, 0.2) is 5.76 Å². The molecule has 1 aromatic carbocycles. The number of methoxy groups -OCH3 is 1. The van der Waals surface area contributed by atoms with Gasteiger partial charge in [0, 0.05) is 29.9 Å². The molecule has 0 aliphatic carbocycles. The number of carbonyl (C=O) groups is 2. The zero-order valence-electron chi connectivity index (χ0n) is 15.9. The van der Waals surface area contributed by atoms with E-state index in [1.807, 2.05) is 24.3 Å². The Balaban J connectivity index is 1.60. The highest BCUT2D eigenvalue weighted by molar-refractivity contribution is 5.98. The molecule has 0 bridgehead atoms. The zero-order valence-corrected chi connectivity index (χ0v) is 15.9. The summed E-state index contributed by atoms with van der Waals surface area (Å²) in [5.74, 6) is 0.185. The SMILES string of the molecule is CCOC(=O)[C@H]1CCCN(C(=O)c2cc3cc4ccc(OC)cc4nc3o2)C1. The number of likely N-dealkylation sites (tertiary alicyclic amines) is 1. The van der Waals surface area contributed by atoms with Crippen molar-refractivity contribution in [3.05, 3.63) is 36.1 Å². The van der Waals surface area contributed by atoms with E-state index in [1.54, 1.807) is 25.0 Å². The van der Waals surface area contributed by atoms with Crippen molar-refractivity contribution in [3.8, 4) is 5.75 Å². The summed E-state index contributed by atoms with van der Waals surface area (Å²) in [6.07, 6.45) is 1.49. The normalized spacial score (nSPS) is 17.1. The molecule has 0 unspecified atom stereocenters. The Morgan fingerprint density at radius 1 is 1.25 bits per heavy atom. The molecular weight excluding hydrogens is 360 g/mol. The number of amides is 1. The summed E-state index contributed by atoms with van der Waals surface area (Å²) in [6.45, 7) is 3.07. The molecule has 1 aliphatic heterocycles. The monoisotopic (exact) mass is 382 g/mol. The lowest BCUT2D eigenvalue weighted by Crippen LogP contribution is -2.42. The summed E-state index contributed by atoms with van der Waals surface area (Å²) < 4.78 is 16.1. The summed E-state index contributed by atoms with van der Waals surface area (Å²) in [7, 11) is 1.60. The number of rotatable bonds is 4. The van der Waals surface area contributed by atoms with E-state index in [-0.39, 0.29) is 23.6 Å². The minimum Gasteiger partial charge on any atom is -0.497 e. The average Bonchev–Trinajstić information content (AvgIpc) is 3.14. The van der Waals surface area contributed by atoms with Gasteiger partial charge in [0.25, 0.3) is 5.91 Å². The van der Waals surface area contributed by atoms with Crippen molar-refractivity contribution in [2.75, 3.05) is 26.8 Å². The predicted octanol–water partition coefficient (Wildman–Crippen LogP) is 3.40. The lowest BCUT2D eigenvalue weighted by molar-refractivity contribution is -0.149. The summed E-state index contributed by atoms with van der Waals surface area (Å²) in [5.41, 5.74) is 1.14. The molecule has 1 saturated heterocycles. The van der Waals surface area contributed by atoms with Gasteiger partial charge in [-0.1, -0.05) is 0 Å². The predicted molar refractivity (Wildman–Crippen MR) is 103 cm³/mol. The molecule has 0 saturated carbocycles. The molecule has 1 fully saturated rings. The van der Waals surface area contributed by atoms with Crippen LogP contribution in [0.1, 0.15) is 30.3 Å². The molecule has 1 amide bonds. The van der Waals surface area contributed by atoms with Gasteiger partial charge in [0.2, 0.25) is 5.71 Å². The van der Waals surface area contributed by atoms with Crippen LogP contribution in [0.5, 0.6) is 5.75 Å². The van der Waals surface area contributed by atoms with Crippen LogP contribution in [0.15, 0.2) is 34.7 Å². The summed E-state index contributed by atoms with van der Waals surface area (Å²) in [4.78, 5) is 31.1. The highest BCUT2D eigenvalue weighted by Gasteiger charge is 2.31. The van der Waals surface area contributed by atoms with E-state index >= 15 is 0 Å². The molecule has 146 valence electrons. The molecule has 3 heterocycles. The number of piperidine rings is 1. The topological polar surface area (TPSA) is 81.9 Å². The van der Waals surface area contributed by atoms with E-state index in [0.29, 0.717) is 31.2 Å². The van der Waals surface area contributed by atoms with Crippen LogP contribution in [0, 0.1) is 5.92 Å². The third-order valence-corrected chi connectivity index (χ3v) is 5.05. The number of hydrogen-bond donors (Lipinski definition) is 0. The highest BCUT2D eigenvalue weighted by Crippen LogP contribution is 2.27. The van der Waals surface area contributed by atoms with Crippen LogP contribution >= 0.6 is 0 Å². The Morgan fingerprint density at radius 2 is 2.11 bits per heavy atom. The van der Waals surface area contributed by atoms with E-state index in [4.69, 9.17) is 13.9 Å². The molecule has 1 aliphatic rings. The van der Waals surface area contributed by atoms with Crippen molar-refractivity contribution < 1.29 is 23.5 Å². The maximum Gasteiger partial charge on any atom is 0.310 e. The number of ether oxygens (including phenoxy) is 2. The van der Waals surface area contributed by atoms with Crippen LogP contribution in [0.4, 0.5) is 0 Å². The molecule has 7 heteroatoms. The number of furan rings is 1. The Hall–Kier alpha value is -3.09. The number of esters is 1. The standard InChI is InChI=1S/C21H22N2O5/c1-3-27-21(25)14-5-4-8-23(12-14)20(24)18-10-15-9-13-6-7-16(26-2)11-17(13)22-19(15)28-18/h6-7,9-11,14H,3-5,8,12H2,1-2H3/t14-/m0/s1. The molecule has 1 atom stereocenters. The molecular formula is C21H22N2O5. The van der Waals surface area contributed by atoms with Gasteiger partial charge < -0.3 is 18.8 Å². The van der Waals surface area contributed by atoms with E-state index in [9.17, 15) is 9.59 Å². The van der Waals surface area contributed by atoms with Crippen LogP contribution in [0.3, 0.4) is 0 Å². The summed E-state index contributed by atoms with van der Waals surface area (Å²) in [5, 5.41) is 1.70. The van der Waals surface area contributed by atoms with Crippen LogP contribution in [0.25, 0.3) is 22.0 Å². The molecule has 2 aromatic heterocycles. The zero-order chi connectivity index (χ0) is 19.7. The molecule has 3 aromatic rings. The quantitative estimate of drug-likeness (QED) is 0.643. The molecule has 0 N–H and O–H groups in total. The van der Waals surface area contributed by atoms with Crippen molar-refractivity contribution in [3.63, 3.8) is 0 Å². The fourth-order valence-corrected chi connectivity index (χ4v) is 3.61. The van der Waals surface area contributed by atoms with Crippen molar-refractivity contribution in [2.45, 2.75) is 19.8 Å². The largest absolute Gasteiger partial charge is 0.497 e. The van der Waals surface area contributed by atoms with Gasteiger partial charge in [-0.05, 0) is 44.0 Å². The number of hydrogen-bond acceptors (Lipinski definition) is 6. The fourth-order valence-electron chi connectivity index (χ4n) is 3.61. The first-order valence-corrected chi connectivity index (χ1v) is 9.43. The van der Waals surface area contributed by atoms with E-state index in [2.05, 4.69) is 4.98 Å². The van der Waals surface area contributed by atoms with Gasteiger partial charge >= 0.3 is 5.97 Å². The van der Waals surface area contributed by atoms with Gasteiger partial charge in [-0.25, -0.2) is 4.98 Å². The van der Waals surface area contributed by atoms with Crippen LogP contribution in [0.2, 0.25) is 0 Å². The molecule has 7 nitrogen and oxygen atoms in total. The average molecular weight is 382 g/mol. The van der Waals surface area contributed by atoms with E-state index in [0.717, 1.165) is 29.1 Å². The number of benzene rings is 1. The third-order valence-electron chi connectivity index (χ3n) is 5.05. The Morgan fingerprint density at radius 3 is 2.89 bits per heavy atom. The second kappa shape index (κ2) is 7.50. The van der Waals surface area contributed by atoms with Crippen molar-refractivity contribution in [1.82, 2.24) is 9.88 Å². The first-order valence-electron chi connectivity index (χ1n) is 9.43. The van der Waals surface area contributed by atoms with Gasteiger partial charge in [0.05, 0.1) is 25.2 Å². The minimum atomic E-state index is -0.282. The van der Waals surface area contributed by atoms with Gasteiger partial charge in [-0.2, -0.15) is 0 Å².